The Balaban J connectivity index is 1.82. The summed E-state index contributed by atoms with van der Waals surface area (Å²) in [7, 11) is 0. The van der Waals surface area contributed by atoms with E-state index in [2.05, 4.69) is 10.8 Å². The molecule has 0 saturated carbocycles. The van der Waals surface area contributed by atoms with Crippen molar-refractivity contribution in [1.29, 1.82) is 0 Å². The van der Waals surface area contributed by atoms with Crippen LogP contribution in [0.2, 0.25) is 0 Å². The van der Waals surface area contributed by atoms with Crippen LogP contribution in [0.3, 0.4) is 0 Å². The molecule has 0 N–H and O–H groups in total. The summed E-state index contributed by atoms with van der Waals surface area (Å²) >= 11 is 6.76. The number of hydrogen-bond acceptors (Lipinski definition) is 6. The van der Waals surface area contributed by atoms with Gasteiger partial charge in [0.2, 0.25) is 10.2 Å². The van der Waals surface area contributed by atoms with E-state index in [1.165, 1.54) is 8.47 Å². The van der Waals surface area contributed by atoms with E-state index in [9.17, 15) is 0 Å². The van der Waals surface area contributed by atoms with Crippen molar-refractivity contribution in [2.75, 3.05) is 0 Å². The van der Waals surface area contributed by atoms with E-state index >= 15 is 0 Å². The van der Waals surface area contributed by atoms with Crippen LogP contribution in [0.15, 0.2) is 42.0 Å². The predicted octanol–water partition coefficient (Wildman–Crippen LogP) is 4.19. The number of rotatable bonds is 0. The summed E-state index contributed by atoms with van der Waals surface area (Å²) < 4.78 is 13.2. The van der Waals surface area contributed by atoms with Gasteiger partial charge in [-0.25, -0.2) is 0 Å². The molecule has 6 heteroatoms. The third kappa shape index (κ3) is 1.60. The van der Waals surface area contributed by atoms with Crippen LogP contribution >= 0.6 is 47.0 Å². The van der Waals surface area contributed by atoms with Crippen LogP contribution < -0.4 is 0 Å². The largest absolute Gasteiger partial charge is 0.450 e. The second-order valence-corrected chi connectivity index (χ2v) is 6.69. The van der Waals surface area contributed by atoms with Crippen LogP contribution in [0.1, 0.15) is 0 Å². The van der Waals surface area contributed by atoms with Gasteiger partial charge in [0.05, 0.1) is 8.47 Å². The summed E-state index contributed by atoms with van der Waals surface area (Å²) in [6.45, 7) is 0. The first-order chi connectivity index (χ1) is 6.93. The topological polar surface area (TPSA) is 18.5 Å². The Bertz CT molecular complexity index is 362. The lowest BCUT2D eigenvalue weighted by Crippen LogP contribution is -1.88. The quantitative estimate of drug-likeness (QED) is 0.645. The van der Waals surface area contributed by atoms with Gasteiger partial charge >= 0.3 is 0 Å². The van der Waals surface area contributed by atoms with Gasteiger partial charge in [-0.15, -0.1) is 0 Å². The fourth-order valence-electron chi connectivity index (χ4n) is 0.983. The first kappa shape index (κ1) is 9.21. The van der Waals surface area contributed by atoms with Crippen molar-refractivity contribution in [3.63, 3.8) is 0 Å². The maximum absolute atomic E-state index is 5.33. The van der Waals surface area contributed by atoms with Crippen molar-refractivity contribution >= 4 is 47.0 Å². The molecule has 0 bridgehead atoms. The van der Waals surface area contributed by atoms with Gasteiger partial charge in [-0.1, -0.05) is 23.5 Å². The van der Waals surface area contributed by atoms with Crippen LogP contribution in [-0.2, 0) is 9.47 Å². The van der Waals surface area contributed by atoms with Crippen molar-refractivity contribution in [3.05, 3.63) is 42.0 Å². The first-order valence-corrected chi connectivity index (χ1v) is 7.13. The molecule has 0 amide bonds. The third-order valence-electron chi connectivity index (χ3n) is 1.52. The standard InChI is InChI=1S/C8H4O2S4/c1-2-10-6-5(9-1)13-8(14-6)7-11-3-4-12-7/h1-4H. The minimum Gasteiger partial charge on any atom is -0.450 e. The minimum absolute atomic E-state index is 0.855. The summed E-state index contributed by atoms with van der Waals surface area (Å²) in [6, 6.07) is 0. The molecule has 0 radical (unpaired) electrons. The Morgan fingerprint density at radius 1 is 0.786 bits per heavy atom. The Hall–Kier alpha value is -0.0400. The SMILES string of the molecule is C1=COC2=C(O1)SC(=C1SC=CS1)S2. The number of ether oxygens (including phenoxy) is 2. The highest BCUT2D eigenvalue weighted by Gasteiger charge is 2.29. The molecule has 14 heavy (non-hydrogen) atoms. The van der Waals surface area contributed by atoms with E-state index in [0.717, 1.165) is 10.2 Å². The zero-order valence-corrected chi connectivity index (χ0v) is 10.0. The van der Waals surface area contributed by atoms with E-state index in [0.29, 0.717) is 0 Å². The van der Waals surface area contributed by atoms with Crippen molar-refractivity contribution in [3.8, 4) is 0 Å². The highest BCUT2D eigenvalue weighted by Crippen LogP contribution is 2.57. The van der Waals surface area contributed by atoms with Gasteiger partial charge in [0.1, 0.15) is 12.5 Å². The summed E-state index contributed by atoms with van der Waals surface area (Å²) in [6.07, 6.45) is 3.13. The van der Waals surface area contributed by atoms with E-state index in [-0.39, 0.29) is 0 Å². The molecule has 3 rings (SSSR count). The van der Waals surface area contributed by atoms with Crippen molar-refractivity contribution < 1.29 is 9.47 Å². The molecule has 0 fully saturated rings. The van der Waals surface area contributed by atoms with Gasteiger partial charge in [-0.2, -0.15) is 0 Å². The van der Waals surface area contributed by atoms with Crippen LogP contribution in [0.25, 0.3) is 0 Å². The summed E-state index contributed by atoms with van der Waals surface area (Å²) in [4.78, 5) is 0. The Morgan fingerprint density at radius 2 is 1.36 bits per heavy atom. The Morgan fingerprint density at radius 3 is 1.93 bits per heavy atom. The average Bonchev–Trinajstić information content (AvgIpc) is 2.86. The molecule has 0 aromatic rings. The highest BCUT2D eigenvalue weighted by molar-refractivity contribution is 8.33. The number of thioether (sulfide) groups is 4. The smallest absolute Gasteiger partial charge is 0.215 e. The lowest BCUT2D eigenvalue weighted by atomic mass is 10.9. The highest BCUT2D eigenvalue weighted by atomic mass is 32.2. The minimum atomic E-state index is 0.855. The second kappa shape index (κ2) is 3.84. The number of hydrogen-bond donors (Lipinski definition) is 0. The zero-order chi connectivity index (χ0) is 9.38. The van der Waals surface area contributed by atoms with E-state index in [1.54, 1.807) is 59.6 Å². The van der Waals surface area contributed by atoms with Crippen molar-refractivity contribution in [1.82, 2.24) is 0 Å². The maximum atomic E-state index is 5.33. The monoisotopic (exact) mass is 260 g/mol. The lowest BCUT2D eigenvalue weighted by molar-refractivity contribution is 0.273. The molecule has 0 atom stereocenters. The fourth-order valence-corrected chi connectivity index (χ4v) is 5.34. The normalized spacial score (nSPS) is 24.0. The van der Waals surface area contributed by atoms with Gasteiger partial charge in [0.25, 0.3) is 0 Å². The molecule has 3 heterocycles. The molecule has 0 aromatic heterocycles. The fraction of sp³-hybridized carbons (Fsp3) is 0. The van der Waals surface area contributed by atoms with Crippen molar-refractivity contribution in [2.45, 2.75) is 0 Å². The van der Waals surface area contributed by atoms with Crippen LogP contribution in [0, 0.1) is 0 Å². The molecule has 3 aliphatic rings. The van der Waals surface area contributed by atoms with Crippen molar-refractivity contribution in [2.24, 2.45) is 0 Å². The Labute approximate surface area is 98.2 Å². The summed E-state index contributed by atoms with van der Waals surface area (Å²) in [5, 5.41) is 5.89. The third-order valence-corrected chi connectivity index (χ3v) is 6.51. The van der Waals surface area contributed by atoms with E-state index in [1.807, 2.05) is 0 Å². The lowest BCUT2D eigenvalue weighted by Gasteiger charge is -2.06. The van der Waals surface area contributed by atoms with E-state index in [4.69, 9.17) is 9.47 Å². The Kier molecular flexibility index (Phi) is 2.53. The average molecular weight is 260 g/mol. The predicted molar refractivity (Wildman–Crippen MR) is 64.9 cm³/mol. The second-order valence-electron chi connectivity index (χ2n) is 2.37. The zero-order valence-electron chi connectivity index (χ0n) is 6.76. The maximum Gasteiger partial charge on any atom is 0.215 e. The van der Waals surface area contributed by atoms with Crippen LogP contribution in [-0.4, -0.2) is 0 Å². The molecule has 0 saturated heterocycles. The molecule has 2 nitrogen and oxygen atoms in total. The molecule has 3 aliphatic heterocycles. The van der Waals surface area contributed by atoms with Gasteiger partial charge in [0.15, 0.2) is 0 Å². The van der Waals surface area contributed by atoms with Crippen LogP contribution in [0.5, 0.6) is 0 Å². The molecule has 0 unspecified atom stereocenters. The molecule has 72 valence electrons. The van der Waals surface area contributed by atoms with Gasteiger partial charge in [-0.3, -0.25) is 0 Å². The summed E-state index contributed by atoms with van der Waals surface area (Å²) in [5.74, 6) is 0. The first-order valence-electron chi connectivity index (χ1n) is 3.74. The molecule has 0 spiro atoms. The molecule has 0 aromatic carbocycles. The molecular formula is C8H4O2S4. The molecule has 0 aliphatic carbocycles. The van der Waals surface area contributed by atoms with Gasteiger partial charge < -0.3 is 9.47 Å². The van der Waals surface area contributed by atoms with Crippen LogP contribution in [0.4, 0.5) is 0 Å². The summed E-state index contributed by atoms with van der Waals surface area (Å²) in [5.41, 5.74) is 0. The van der Waals surface area contributed by atoms with E-state index < -0.39 is 0 Å². The van der Waals surface area contributed by atoms with Gasteiger partial charge in [0, 0.05) is 0 Å². The molecular weight excluding hydrogens is 256 g/mol. The van der Waals surface area contributed by atoms with Gasteiger partial charge in [-0.05, 0) is 34.3 Å².